The van der Waals surface area contributed by atoms with E-state index in [1.54, 1.807) is 25.8 Å². The highest BCUT2D eigenvalue weighted by molar-refractivity contribution is 5.85. The molecule has 1 saturated heterocycles. The predicted octanol–water partition coefficient (Wildman–Crippen LogP) is 1.32. The van der Waals surface area contributed by atoms with E-state index in [9.17, 15) is 14.7 Å². The average molecular weight is 285 g/mol. The Morgan fingerprint density at radius 2 is 2.00 bits per heavy atom. The molecule has 1 atom stereocenters. The summed E-state index contributed by atoms with van der Waals surface area (Å²) in [5.74, 6) is -0.984. The van der Waals surface area contributed by atoms with Crippen LogP contribution in [0.1, 0.15) is 33.6 Å². The third-order valence-electron chi connectivity index (χ3n) is 4.19. The summed E-state index contributed by atoms with van der Waals surface area (Å²) in [6, 6.07) is -0.0555. The maximum absolute atomic E-state index is 12.6. The monoisotopic (exact) mass is 285 g/mol. The molecule has 2 amide bonds. The SMILES string of the molecule is CCN(C(=O)N(C)C1CCCN(C)C1)C(C)(C)C(=O)O. The van der Waals surface area contributed by atoms with Crippen molar-refractivity contribution >= 4 is 12.0 Å². The number of carboxylic acid groups (broad SMARTS) is 1. The van der Waals surface area contributed by atoms with Crippen LogP contribution < -0.4 is 0 Å². The van der Waals surface area contributed by atoms with Crippen LogP contribution >= 0.6 is 0 Å². The number of hydrogen-bond donors (Lipinski definition) is 1. The van der Waals surface area contributed by atoms with Crippen LogP contribution in [0, 0.1) is 0 Å². The molecule has 1 fully saturated rings. The van der Waals surface area contributed by atoms with E-state index in [1.165, 1.54) is 4.90 Å². The lowest BCUT2D eigenvalue weighted by molar-refractivity contribution is -0.147. The second-order valence-electron chi connectivity index (χ2n) is 6.06. The van der Waals surface area contributed by atoms with E-state index in [-0.39, 0.29) is 12.1 Å². The Morgan fingerprint density at radius 3 is 2.45 bits per heavy atom. The fraction of sp³-hybridized carbons (Fsp3) is 0.857. The van der Waals surface area contributed by atoms with Crippen LogP contribution in [0.4, 0.5) is 4.79 Å². The van der Waals surface area contributed by atoms with Gasteiger partial charge in [0, 0.05) is 26.2 Å². The summed E-state index contributed by atoms with van der Waals surface area (Å²) in [7, 11) is 3.82. The zero-order valence-corrected chi connectivity index (χ0v) is 13.2. The fourth-order valence-corrected chi connectivity index (χ4v) is 2.69. The molecule has 0 spiro atoms. The molecule has 1 aliphatic rings. The standard InChI is InChI=1S/C14H27N3O3/c1-6-17(14(2,3)12(18)19)13(20)16(5)11-8-7-9-15(4)10-11/h11H,6-10H2,1-5H3,(H,18,19). The first-order valence-electron chi connectivity index (χ1n) is 7.18. The van der Waals surface area contributed by atoms with Gasteiger partial charge in [0.05, 0.1) is 0 Å². The summed E-state index contributed by atoms with van der Waals surface area (Å²) < 4.78 is 0. The van der Waals surface area contributed by atoms with Crippen molar-refractivity contribution in [2.24, 2.45) is 0 Å². The molecule has 20 heavy (non-hydrogen) atoms. The molecule has 0 aromatic rings. The van der Waals surface area contributed by atoms with Crippen LogP contribution in [-0.2, 0) is 4.79 Å². The van der Waals surface area contributed by atoms with Crippen molar-refractivity contribution < 1.29 is 14.7 Å². The summed E-state index contributed by atoms with van der Waals surface area (Å²) in [6.45, 7) is 7.22. The van der Waals surface area contributed by atoms with E-state index in [2.05, 4.69) is 4.90 Å². The molecule has 0 aliphatic carbocycles. The van der Waals surface area contributed by atoms with E-state index < -0.39 is 11.5 Å². The Morgan fingerprint density at radius 1 is 1.40 bits per heavy atom. The molecule has 0 saturated carbocycles. The van der Waals surface area contributed by atoms with E-state index in [1.807, 2.05) is 14.0 Å². The van der Waals surface area contributed by atoms with Crippen LogP contribution in [0.15, 0.2) is 0 Å². The highest BCUT2D eigenvalue weighted by Gasteiger charge is 2.39. The van der Waals surface area contributed by atoms with Crippen LogP contribution in [0.25, 0.3) is 0 Å². The lowest BCUT2D eigenvalue weighted by Crippen LogP contribution is -2.59. The van der Waals surface area contributed by atoms with Gasteiger partial charge in [-0.2, -0.15) is 0 Å². The Balaban J connectivity index is 2.82. The van der Waals surface area contributed by atoms with Gasteiger partial charge < -0.3 is 19.8 Å². The lowest BCUT2D eigenvalue weighted by atomic mass is 10.0. The van der Waals surface area contributed by atoms with Crippen LogP contribution in [-0.4, -0.2) is 77.1 Å². The van der Waals surface area contributed by atoms with Gasteiger partial charge in [-0.15, -0.1) is 0 Å². The largest absolute Gasteiger partial charge is 0.480 e. The second kappa shape index (κ2) is 6.43. The third kappa shape index (κ3) is 3.42. The second-order valence-corrected chi connectivity index (χ2v) is 6.06. The fourth-order valence-electron chi connectivity index (χ4n) is 2.69. The normalized spacial score (nSPS) is 20.6. The molecule has 1 rings (SSSR count). The molecule has 6 heteroatoms. The molecule has 0 radical (unpaired) electrons. The van der Waals surface area contributed by atoms with Crippen molar-refractivity contribution in [3.63, 3.8) is 0 Å². The topological polar surface area (TPSA) is 64.1 Å². The molecule has 116 valence electrons. The van der Waals surface area contributed by atoms with Gasteiger partial charge in [-0.05, 0) is 47.2 Å². The van der Waals surface area contributed by atoms with Crippen molar-refractivity contribution in [2.75, 3.05) is 33.7 Å². The lowest BCUT2D eigenvalue weighted by Gasteiger charge is -2.41. The van der Waals surface area contributed by atoms with Gasteiger partial charge in [0.15, 0.2) is 0 Å². The van der Waals surface area contributed by atoms with Crippen molar-refractivity contribution in [3.8, 4) is 0 Å². The number of rotatable bonds is 4. The van der Waals surface area contributed by atoms with Gasteiger partial charge in [0.1, 0.15) is 5.54 Å². The van der Waals surface area contributed by atoms with Gasteiger partial charge in [-0.25, -0.2) is 9.59 Å². The van der Waals surface area contributed by atoms with Crippen molar-refractivity contribution in [1.82, 2.24) is 14.7 Å². The first-order valence-corrected chi connectivity index (χ1v) is 7.18. The highest BCUT2D eigenvalue weighted by Crippen LogP contribution is 2.20. The third-order valence-corrected chi connectivity index (χ3v) is 4.19. The number of urea groups is 1. The molecular formula is C14H27N3O3. The number of piperidine rings is 1. The number of aliphatic carboxylic acids is 1. The zero-order chi connectivity index (χ0) is 15.5. The number of likely N-dealkylation sites (tertiary alicyclic amines) is 1. The first-order chi connectivity index (χ1) is 9.21. The molecule has 1 aliphatic heterocycles. The van der Waals surface area contributed by atoms with E-state index in [4.69, 9.17) is 0 Å². The molecule has 0 bridgehead atoms. The maximum Gasteiger partial charge on any atom is 0.329 e. The Labute approximate surface area is 121 Å². The molecule has 1 heterocycles. The summed E-state index contributed by atoms with van der Waals surface area (Å²) in [5, 5.41) is 9.31. The molecule has 1 unspecified atom stereocenters. The van der Waals surface area contributed by atoms with Crippen LogP contribution in [0.5, 0.6) is 0 Å². The highest BCUT2D eigenvalue weighted by atomic mass is 16.4. The number of likely N-dealkylation sites (N-methyl/N-ethyl adjacent to an activating group) is 3. The smallest absolute Gasteiger partial charge is 0.329 e. The maximum atomic E-state index is 12.6. The van der Waals surface area contributed by atoms with E-state index >= 15 is 0 Å². The van der Waals surface area contributed by atoms with Gasteiger partial charge in [-0.3, -0.25) is 0 Å². The number of carbonyl (C=O) groups excluding carboxylic acids is 1. The van der Waals surface area contributed by atoms with Crippen LogP contribution in [0.2, 0.25) is 0 Å². The molecular weight excluding hydrogens is 258 g/mol. The Hall–Kier alpha value is -1.30. The summed E-state index contributed by atoms with van der Waals surface area (Å²) in [6.07, 6.45) is 2.03. The summed E-state index contributed by atoms with van der Waals surface area (Å²) in [4.78, 5) is 29.3. The number of carbonyl (C=O) groups is 2. The minimum absolute atomic E-state index is 0.153. The summed E-state index contributed by atoms with van der Waals surface area (Å²) >= 11 is 0. The number of hydrogen-bond acceptors (Lipinski definition) is 3. The first kappa shape index (κ1) is 16.8. The Kier molecular flexibility index (Phi) is 5.39. The molecule has 1 N–H and O–H groups in total. The minimum atomic E-state index is -1.19. The van der Waals surface area contributed by atoms with Crippen molar-refractivity contribution in [2.45, 2.75) is 45.2 Å². The van der Waals surface area contributed by atoms with Crippen molar-refractivity contribution in [3.05, 3.63) is 0 Å². The quantitative estimate of drug-likeness (QED) is 0.846. The minimum Gasteiger partial charge on any atom is -0.480 e. The molecule has 0 aromatic heterocycles. The molecule has 0 aromatic carbocycles. The number of amides is 2. The predicted molar refractivity (Wildman–Crippen MR) is 77.8 cm³/mol. The van der Waals surface area contributed by atoms with Gasteiger partial charge in [0.2, 0.25) is 0 Å². The molecule has 6 nitrogen and oxygen atoms in total. The zero-order valence-electron chi connectivity index (χ0n) is 13.2. The van der Waals surface area contributed by atoms with Gasteiger partial charge >= 0.3 is 12.0 Å². The van der Waals surface area contributed by atoms with E-state index in [0.717, 1.165) is 25.9 Å². The average Bonchev–Trinajstić information content (AvgIpc) is 2.38. The van der Waals surface area contributed by atoms with E-state index in [0.29, 0.717) is 6.54 Å². The Bertz CT molecular complexity index is 371. The number of carboxylic acids is 1. The van der Waals surface area contributed by atoms with Crippen LogP contribution in [0.3, 0.4) is 0 Å². The van der Waals surface area contributed by atoms with Crippen molar-refractivity contribution in [1.29, 1.82) is 0 Å². The van der Waals surface area contributed by atoms with Gasteiger partial charge in [-0.1, -0.05) is 0 Å². The summed E-state index contributed by atoms with van der Waals surface area (Å²) in [5.41, 5.74) is -1.19. The van der Waals surface area contributed by atoms with Gasteiger partial charge in [0.25, 0.3) is 0 Å². The number of nitrogens with zero attached hydrogens (tertiary/aromatic N) is 3.